The molecule has 244 valence electrons. The highest BCUT2D eigenvalue weighted by molar-refractivity contribution is 7.85. The van der Waals surface area contributed by atoms with E-state index in [-0.39, 0.29) is 29.4 Å². The Hall–Kier alpha value is -4.22. The van der Waals surface area contributed by atoms with Crippen LogP contribution in [-0.4, -0.2) is 73.2 Å². The minimum Gasteiger partial charge on any atom is -0.475 e. The average Bonchev–Trinajstić information content (AvgIpc) is 3.49. The summed E-state index contributed by atoms with van der Waals surface area (Å²) in [6, 6.07) is 14.4. The molecule has 1 heterocycles. The number of carboxylic acid groups (broad SMARTS) is 1. The Morgan fingerprint density at radius 3 is 2.18 bits per heavy atom. The van der Waals surface area contributed by atoms with Gasteiger partial charge in [0.25, 0.3) is 10.1 Å². The number of carbonyl (C=O) groups excluding carboxylic acids is 2. The predicted molar refractivity (Wildman–Crippen MR) is 154 cm³/mol. The molecule has 8 N–H and O–H groups in total. The first kappa shape index (κ1) is 37.8. The normalized spacial score (nSPS) is 14.9. The van der Waals surface area contributed by atoms with Crippen LogP contribution in [0.4, 0.5) is 13.2 Å². The molecule has 0 unspecified atom stereocenters. The van der Waals surface area contributed by atoms with E-state index in [9.17, 15) is 31.2 Å². The highest BCUT2D eigenvalue weighted by Gasteiger charge is 2.38. The number of aliphatic carboxylic acids is 1. The first-order chi connectivity index (χ1) is 20.5. The van der Waals surface area contributed by atoms with Gasteiger partial charge in [-0.15, -0.1) is 0 Å². The van der Waals surface area contributed by atoms with E-state index in [0.29, 0.717) is 19.4 Å². The van der Waals surface area contributed by atoms with Crippen LogP contribution in [0.3, 0.4) is 0 Å². The topological polar surface area (TPSA) is 223 Å². The van der Waals surface area contributed by atoms with Gasteiger partial charge in [-0.1, -0.05) is 48.0 Å². The molecule has 1 fully saturated rings. The van der Waals surface area contributed by atoms with Crippen molar-refractivity contribution in [3.63, 3.8) is 0 Å². The summed E-state index contributed by atoms with van der Waals surface area (Å²) in [6.45, 7) is 3.21. The fourth-order valence-corrected chi connectivity index (χ4v) is 3.95. The second-order valence-corrected chi connectivity index (χ2v) is 10.8. The highest BCUT2D eigenvalue weighted by Crippen LogP contribution is 2.13. The molecule has 1 amide bonds. The van der Waals surface area contributed by atoms with Gasteiger partial charge in [0.15, 0.2) is 5.96 Å². The standard InChI is InChI=1S/C18H27N5O3.C7H8O3S.C2HF3O2/c19-18(20)22-11-5-9-15(23-16(24)14-8-4-10-21-14)17(25)26-12-13-6-2-1-3-7-13;1-6-2-4-7(5-3-6)11(8,9)10;3-2(4,5)1(6)7/h1-3,6-7,14-15,21H,4-5,8-12H2,(H,23,24)(H4,19,20,22);2-5H,1H3,(H,8,9,10);(H,6,7)/t14-,15-;;/m0../s1. The van der Waals surface area contributed by atoms with E-state index in [1.54, 1.807) is 12.1 Å². The maximum Gasteiger partial charge on any atom is 0.490 e. The summed E-state index contributed by atoms with van der Waals surface area (Å²) in [6.07, 6.45) is -2.40. The Kier molecular flexibility index (Phi) is 15.8. The summed E-state index contributed by atoms with van der Waals surface area (Å²) in [7, 11) is -4.02. The van der Waals surface area contributed by atoms with E-state index in [4.69, 9.17) is 30.7 Å². The summed E-state index contributed by atoms with van der Waals surface area (Å²) in [4.78, 5) is 37.5. The van der Waals surface area contributed by atoms with Crippen molar-refractivity contribution in [2.24, 2.45) is 16.5 Å². The van der Waals surface area contributed by atoms with Crippen LogP contribution in [0.15, 0.2) is 64.5 Å². The molecule has 2 aromatic rings. The van der Waals surface area contributed by atoms with Gasteiger partial charge in [0.05, 0.1) is 10.9 Å². The molecule has 44 heavy (non-hydrogen) atoms. The number of hydrogen-bond acceptors (Lipinski definition) is 8. The molecule has 0 saturated carbocycles. The number of ether oxygens (including phenoxy) is 1. The first-order valence-electron chi connectivity index (χ1n) is 13.1. The van der Waals surface area contributed by atoms with Gasteiger partial charge in [0.2, 0.25) is 5.91 Å². The molecule has 0 spiro atoms. The van der Waals surface area contributed by atoms with Crippen molar-refractivity contribution < 1.29 is 50.4 Å². The molecule has 1 aliphatic rings. The number of alkyl halides is 3. The number of rotatable bonds is 10. The fraction of sp³-hybridized carbons (Fsp3) is 0.407. The minimum atomic E-state index is -5.08. The quantitative estimate of drug-likeness (QED) is 0.0718. The summed E-state index contributed by atoms with van der Waals surface area (Å²) in [5.74, 6) is -3.38. The number of aryl methyl sites for hydroxylation is 1. The maximum atomic E-state index is 12.5. The predicted octanol–water partition coefficient (Wildman–Crippen LogP) is 1.90. The van der Waals surface area contributed by atoms with E-state index in [2.05, 4.69) is 15.6 Å². The molecule has 2 atom stereocenters. The fourth-order valence-electron chi connectivity index (χ4n) is 3.47. The van der Waals surface area contributed by atoms with Crippen molar-refractivity contribution >= 4 is 33.9 Å². The van der Waals surface area contributed by atoms with E-state index in [1.807, 2.05) is 37.3 Å². The number of esters is 1. The Bertz CT molecular complexity index is 1330. The molecule has 17 heteroatoms. The zero-order valence-corrected chi connectivity index (χ0v) is 24.6. The third-order valence-electron chi connectivity index (χ3n) is 5.71. The largest absolute Gasteiger partial charge is 0.490 e. The van der Waals surface area contributed by atoms with Gasteiger partial charge in [-0.05, 0) is 56.8 Å². The van der Waals surface area contributed by atoms with Gasteiger partial charge in [0.1, 0.15) is 12.6 Å². The van der Waals surface area contributed by atoms with Gasteiger partial charge >= 0.3 is 18.1 Å². The van der Waals surface area contributed by atoms with Crippen LogP contribution in [0, 0.1) is 6.92 Å². The molecule has 3 rings (SSSR count). The summed E-state index contributed by atoms with van der Waals surface area (Å²) in [5, 5.41) is 13.0. The van der Waals surface area contributed by atoms with Gasteiger partial charge in [0, 0.05) is 6.54 Å². The molecule has 0 radical (unpaired) electrons. The molecule has 0 aliphatic carbocycles. The molecule has 1 aliphatic heterocycles. The average molecular weight is 648 g/mol. The van der Waals surface area contributed by atoms with E-state index >= 15 is 0 Å². The molecule has 0 bridgehead atoms. The molecule has 0 aromatic heterocycles. The number of halogens is 3. The van der Waals surface area contributed by atoms with E-state index in [1.165, 1.54) is 12.1 Å². The van der Waals surface area contributed by atoms with Crippen LogP contribution in [0.25, 0.3) is 0 Å². The number of nitrogens with zero attached hydrogens (tertiary/aromatic N) is 1. The SMILES string of the molecule is Cc1ccc(S(=O)(=O)O)cc1.NC(N)=NCCC[C@H](NC(=O)[C@@H]1CCCN1)C(=O)OCc1ccccc1.O=C(O)C(F)(F)F. The Balaban J connectivity index is 0.000000439. The van der Waals surface area contributed by atoms with Crippen molar-refractivity contribution in [3.8, 4) is 0 Å². The third kappa shape index (κ3) is 15.9. The lowest BCUT2D eigenvalue weighted by atomic mass is 10.1. The number of carboxylic acids is 1. The number of amides is 1. The number of nitrogens with one attached hydrogen (secondary N) is 2. The number of benzene rings is 2. The van der Waals surface area contributed by atoms with Crippen LogP contribution < -0.4 is 22.1 Å². The van der Waals surface area contributed by atoms with Gasteiger partial charge in [-0.3, -0.25) is 14.3 Å². The number of hydrogen-bond donors (Lipinski definition) is 6. The summed E-state index contributed by atoms with van der Waals surface area (Å²) in [5.41, 5.74) is 12.5. The van der Waals surface area contributed by atoms with E-state index < -0.39 is 34.3 Å². The van der Waals surface area contributed by atoms with Gasteiger partial charge < -0.3 is 31.9 Å². The second kappa shape index (κ2) is 18.4. The summed E-state index contributed by atoms with van der Waals surface area (Å²) >= 11 is 0. The number of guanidine groups is 1. The Morgan fingerprint density at radius 1 is 1.11 bits per heavy atom. The lowest BCUT2D eigenvalue weighted by Crippen LogP contribution is -2.48. The molecule has 2 aromatic carbocycles. The summed E-state index contributed by atoms with van der Waals surface area (Å²) < 4.78 is 66.7. The lowest BCUT2D eigenvalue weighted by molar-refractivity contribution is -0.192. The van der Waals surface area contributed by atoms with Crippen LogP contribution >= 0.6 is 0 Å². The lowest BCUT2D eigenvalue weighted by Gasteiger charge is -2.20. The molecular formula is C27H36F3N5O8S. The first-order valence-corrected chi connectivity index (χ1v) is 14.6. The van der Waals surface area contributed by atoms with Crippen molar-refractivity contribution in [2.45, 2.75) is 62.4 Å². The molecular weight excluding hydrogens is 611 g/mol. The number of aliphatic imine (C=N–C) groups is 1. The van der Waals surface area contributed by atoms with Crippen LogP contribution in [0.5, 0.6) is 0 Å². The zero-order chi connectivity index (χ0) is 33.3. The Labute approximate surface area is 252 Å². The third-order valence-corrected chi connectivity index (χ3v) is 6.58. The monoisotopic (exact) mass is 647 g/mol. The molecule has 1 saturated heterocycles. The Morgan fingerprint density at radius 2 is 1.70 bits per heavy atom. The number of nitrogens with two attached hydrogens (primary N) is 2. The zero-order valence-electron chi connectivity index (χ0n) is 23.8. The van der Waals surface area contributed by atoms with Crippen molar-refractivity contribution in [3.05, 3.63) is 65.7 Å². The number of carbonyl (C=O) groups is 3. The smallest absolute Gasteiger partial charge is 0.475 e. The molecule has 13 nitrogen and oxygen atoms in total. The van der Waals surface area contributed by atoms with Crippen molar-refractivity contribution in [2.75, 3.05) is 13.1 Å². The van der Waals surface area contributed by atoms with Crippen LogP contribution in [-0.2, 0) is 35.8 Å². The van der Waals surface area contributed by atoms with Gasteiger partial charge in [-0.25, -0.2) is 9.59 Å². The van der Waals surface area contributed by atoms with Gasteiger partial charge in [-0.2, -0.15) is 21.6 Å². The van der Waals surface area contributed by atoms with Crippen LogP contribution in [0.2, 0.25) is 0 Å². The second-order valence-electron chi connectivity index (χ2n) is 9.34. The minimum absolute atomic E-state index is 0.00685. The van der Waals surface area contributed by atoms with Crippen molar-refractivity contribution in [1.82, 2.24) is 10.6 Å². The highest BCUT2D eigenvalue weighted by atomic mass is 32.2. The van der Waals surface area contributed by atoms with Crippen LogP contribution in [0.1, 0.15) is 36.8 Å². The van der Waals surface area contributed by atoms with Crippen molar-refractivity contribution in [1.29, 1.82) is 0 Å². The van der Waals surface area contributed by atoms with E-state index in [0.717, 1.165) is 30.5 Å². The maximum absolute atomic E-state index is 12.5.